The predicted molar refractivity (Wildman–Crippen MR) is 68.0 cm³/mol. The first-order valence-electron chi connectivity index (χ1n) is 5.75. The van der Waals surface area contributed by atoms with Gasteiger partial charge in [-0.15, -0.1) is 0 Å². The molecule has 0 bridgehead atoms. The molecule has 0 aliphatic carbocycles. The molecule has 1 rings (SSSR count). The van der Waals surface area contributed by atoms with Gasteiger partial charge in [-0.3, -0.25) is 9.59 Å². The number of carbonyl (C=O) groups excluding carboxylic acids is 1. The second-order valence-corrected chi connectivity index (χ2v) is 4.15. The lowest BCUT2D eigenvalue weighted by atomic mass is 10.2. The molecule has 0 aliphatic rings. The fourth-order valence-electron chi connectivity index (χ4n) is 1.59. The highest BCUT2D eigenvalue weighted by molar-refractivity contribution is 5.80. The summed E-state index contributed by atoms with van der Waals surface area (Å²) in [7, 11) is 3.05. The van der Waals surface area contributed by atoms with Crippen molar-refractivity contribution in [2.45, 2.75) is 19.4 Å². The summed E-state index contributed by atoms with van der Waals surface area (Å²) in [4.78, 5) is 23.5. The monoisotopic (exact) mass is 267 g/mol. The number of phenols is 1. The number of nitrogens with zero attached hydrogens (tertiary/aromatic N) is 1. The van der Waals surface area contributed by atoms with Crippen molar-refractivity contribution in [3.8, 4) is 11.5 Å². The van der Waals surface area contributed by atoms with E-state index in [0.717, 1.165) is 5.56 Å². The van der Waals surface area contributed by atoms with E-state index in [2.05, 4.69) is 0 Å². The molecule has 0 spiro atoms. The van der Waals surface area contributed by atoms with Crippen molar-refractivity contribution in [1.29, 1.82) is 0 Å². The summed E-state index contributed by atoms with van der Waals surface area (Å²) in [5, 5.41) is 18.0. The first-order valence-corrected chi connectivity index (χ1v) is 5.75. The van der Waals surface area contributed by atoms with Crippen LogP contribution in [0.3, 0.4) is 0 Å². The molecule has 0 aliphatic heterocycles. The Morgan fingerprint density at radius 1 is 1.32 bits per heavy atom. The molecule has 1 amide bonds. The molecule has 0 saturated heterocycles. The van der Waals surface area contributed by atoms with Crippen molar-refractivity contribution in [1.82, 2.24) is 4.90 Å². The lowest BCUT2D eigenvalue weighted by molar-refractivity contribution is -0.140. The van der Waals surface area contributed by atoms with Gasteiger partial charge in [-0.05, 0) is 17.7 Å². The average Bonchev–Trinajstić information content (AvgIpc) is 2.37. The second kappa shape index (κ2) is 6.63. The summed E-state index contributed by atoms with van der Waals surface area (Å²) < 4.78 is 4.98. The van der Waals surface area contributed by atoms with E-state index in [4.69, 9.17) is 9.84 Å². The maximum atomic E-state index is 11.7. The minimum Gasteiger partial charge on any atom is -0.504 e. The molecule has 1 aromatic carbocycles. The number of aromatic hydroxyl groups is 1. The van der Waals surface area contributed by atoms with Gasteiger partial charge in [-0.25, -0.2) is 0 Å². The zero-order chi connectivity index (χ0) is 14.4. The van der Waals surface area contributed by atoms with Gasteiger partial charge in [-0.1, -0.05) is 6.07 Å². The number of carbonyl (C=O) groups is 2. The van der Waals surface area contributed by atoms with E-state index in [0.29, 0.717) is 12.3 Å². The average molecular weight is 267 g/mol. The SMILES string of the molecule is COc1cc(CN(C)C(=O)CCC(=O)O)ccc1O. The Bertz CT molecular complexity index is 472. The molecule has 0 fully saturated rings. The predicted octanol–water partition coefficient (Wildman–Crippen LogP) is 1.22. The molecule has 0 radical (unpaired) electrons. The van der Waals surface area contributed by atoms with Crippen LogP contribution in [-0.2, 0) is 16.1 Å². The summed E-state index contributed by atoms with van der Waals surface area (Å²) in [5.74, 6) is -0.863. The highest BCUT2D eigenvalue weighted by Crippen LogP contribution is 2.26. The minimum atomic E-state index is -0.993. The number of hydrogen-bond donors (Lipinski definition) is 2. The van der Waals surface area contributed by atoms with Crippen LogP contribution in [0.4, 0.5) is 0 Å². The van der Waals surface area contributed by atoms with Crippen LogP contribution in [0.1, 0.15) is 18.4 Å². The molecule has 19 heavy (non-hydrogen) atoms. The third-order valence-electron chi connectivity index (χ3n) is 2.64. The normalized spacial score (nSPS) is 10.0. The van der Waals surface area contributed by atoms with Crippen LogP contribution < -0.4 is 4.74 Å². The van der Waals surface area contributed by atoms with Crippen molar-refractivity contribution < 1.29 is 24.5 Å². The summed E-state index contributed by atoms with van der Waals surface area (Å²) in [6.45, 7) is 0.328. The zero-order valence-corrected chi connectivity index (χ0v) is 10.9. The Labute approximate surface area is 111 Å². The summed E-state index contributed by atoms with van der Waals surface area (Å²) >= 11 is 0. The molecule has 104 valence electrons. The molecular formula is C13H17NO5. The molecule has 0 heterocycles. The van der Waals surface area contributed by atoms with Crippen molar-refractivity contribution in [3.63, 3.8) is 0 Å². The smallest absolute Gasteiger partial charge is 0.303 e. The van der Waals surface area contributed by atoms with Gasteiger partial charge >= 0.3 is 5.97 Å². The Hall–Kier alpha value is -2.24. The maximum absolute atomic E-state index is 11.7. The Balaban J connectivity index is 2.63. The summed E-state index contributed by atoms with van der Waals surface area (Å²) in [6.07, 6.45) is -0.205. The van der Waals surface area contributed by atoms with Gasteiger partial charge in [0.2, 0.25) is 5.91 Å². The maximum Gasteiger partial charge on any atom is 0.303 e. The number of phenolic OH excluding ortho intramolecular Hbond substituents is 1. The standard InChI is InChI=1S/C13H17NO5/c1-14(12(16)5-6-13(17)18)8-9-3-4-10(15)11(7-9)19-2/h3-4,7,15H,5-6,8H2,1-2H3,(H,17,18). The second-order valence-electron chi connectivity index (χ2n) is 4.15. The number of carboxylic acid groups (broad SMARTS) is 1. The summed E-state index contributed by atoms with van der Waals surface area (Å²) in [6, 6.07) is 4.80. The van der Waals surface area contributed by atoms with E-state index in [-0.39, 0.29) is 24.5 Å². The van der Waals surface area contributed by atoms with Crippen LogP contribution >= 0.6 is 0 Å². The number of methoxy groups -OCH3 is 1. The zero-order valence-electron chi connectivity index (χ0n) is 10.9. The number of benzene rings is 1. The van der Waals surface area contributed by atoms with Gasteiger partial charge in [0, 0.05) is 20.0 Å². The van der Waals surface area contributed by atoms with E-state index < -0.39 is 5.97 Å². The van der Waals surface area contributed by atoms with Crippen LogP contribution in [0, 0.1) is 0 Å². The van der Waals surface area contributed by atoms with Crippen LogP contribution in [0.15, 0.2) is 18.2 Å². The number of aliphatic carboxylic acids is 1. The van der Waals surface area contributed by atoms with Crippen molar-refractivity contribution in [2.75, 3.05) is 14.2 Å². The lowest BCUT2D eigenvalue weighted by Crippen LogP contribution is -2.26. The fraction of sp³-hybridized carbons (Fsp3) is 0.385. The molecule has 0 saturated carbocycles. The number of rotatable bonds is 6. The van der Waals surface area contributed by atoms with E-state index in [1.807, 2.05) is 0 Å². The Morgan fingerprint density at radius 2 is 2.00 bits per heavy atom. The minimum absolute atomic E-state index is 0.0267. The van der Waals surface area contributed by atoms with Crippen molar-refractivity contribution in [2.24, 2.45) is 0 Å². The molecule has 1 aromatic rings. The van der Waals surface area contributed by atoms with E-state index >= 15 is 0 Å². The first-order chi connectivity index (χ1) is 8.93. The highest BCUT2D eigenvalue weighted by atomic mass is 16.5. The van der Waals surface area contributed by atoms with Crippen molar-refractivity contribution in [3.05, 3.63) is 23.8 Å². The van der Waals surface area contributed by atoms with Crippen LogP contribution in [-0.4, -0.2) is 41.1 Å². The number of carboxylic acids is 1. The Morgan fingerprint density at radius 3 is 2.58 bits per heavy atom. The number of amides is 1. The lowest BCUT2D eigenvalue weighted by Gasteiger charge is -2.17. The molecule has 6 nitrogen and oxygen atoms in total. The van der Waals surface area contributed by atoms with Crippen LogP contribution in [0.25, 0.3) is 0 Å². The van der Waals surface area contributed by atoms with Gasteiger partial charge in [-0.2, -0.15) is 0 Å². The van der Waals surface area contributed by atoms with Gasteiger partial charge in [0.15, 0.2) is 11.5 Å². The topological polar surface area (TPSA) is 87.1 Å². The van der Waals surface area contributed by atoms with Gasteiger partial charge < -0.3 is 19.8 Å². The van der Waals surface area contributed by atoms with Gasteiger partial charge in [0.25, 0.3) is 0 Å². The van der Waals surface area contributed by atoms with Gasteiger partial charge in [0.05, 0.1) is 13.5 Å². The van der Waals surface area contributed by atoms with E-state index in [1.165, 1.54) is 18.1 Å². The third-order valence-corrected chi connectivity index (χ3v) is 2.64. The molecular weight excluding hydrogens is 250 g/mol. The van der Waals surface area contributed by atoms with Crippen LogP contribution in [0.2, 0.25) is 0 Å². The number of hydrogen-bond acceptors (Lipinski definition) is 4. The Kier molecular flexibility index (Phi) is 5.17. The highest BCUT2D eigenvalue weighted by Gasteiger charge is 2.12. The summed E-state index contributed by atoms with van der Waals surface area (Å²) in [5.41, 5.74) is 0.792. The van der Waals surface area contributed by atoms with E-state index in [9.17, 15) is 14.7 Å². The molecule has 0 atom stereocenters. The fourth-order valence-corrected chi connectivity index (χ4v) is 1.59. The molecule has 2 N–H and O–H groups in total. The van der Waals surface area contributed by atoms with E-state index in [1.54, 1.807) is 19.2 Å². The molecule has 0 unspecified atom stereocenters. The quantitative estimate of drug-likeness (QED) is 0.809. The largest absolute Gasteiger partial charge is 0.504 e. The third kappa shape index (κ3) is 4.50. The van der Waals surface area contributed by atoms with Crippen molar-refractivity contribution >= 4 is 11.9 Å². The first kappa shape index (κ1) is 14.8. The number of ether oxygens (including phenoxy) is 1. The molecule has 6 heteroatoms. The van der Waals surface area contributed by atoms with Gasteiger partial charge in [0.1, 0.15) is 0 Å². The van der Waals surface area contributed by atoms with Crippen LogP contribution in [0.5, 0.6) is 11.5 Å². The molecule has 0 aromatic heterocycles.